The van der Waals surface area contributed by atoms with Gasteiger partial charge in [-0.2, -0.15) is 0 Å². The van der Waals surface area contributed by atoms with Gasteiger partial charge < -0.3 is 20.1 Å². The van der Waals surface area contributed by atoms with Crippen LogP contribution in [0.3, 0.4) is 0 Å². The molecule has 0 aliphatic carbocycles. The van der Waals surface area contributed by atoms with Gasteiger partial charge in [-0.15, -0.1) is 0 Å². The van der Waals surface area contributed by atoms with Crippen LogP contribution >= 0.6 is 7.82 Å². The number of carbonyl (C=O) groups is 2. The van der Waals surface area contributed by atoms with E-state index in [0.717, 1.165) is 154 Å². The molecule has 0 fully saturated rings. The van der Waals surface area contributed by atoms with Crippen molar-refractivity contribution in [2.75, 3.05) is 26.4 Å². The zero-order valence-electron chi connectivity index (χ0n) is 57.2. The molecule has 9 nitrogen and oxygen atoms in total. The van der Waals surface area contributed by atoms with Gasteiger partial charge in [-0.05, 0) is 148 Å². The second kappa shape index (κ2) is 73.6. The van der Waals surface area contributed by atoms with E-state index in [4.69, 9.17) is 24.3 Å². The highest BCUT2D eigenvalue weighted by Crippen LogP contribution is 2.43. The van der Waals surface area contributed by atoms with Crippen LogP contribution in [-0.4, -0.2) is 49.3 Å². The molecular formula is C81H128NO8P. The Morgan fingerprint density at radius 3 is 0.857 bits per heavy atom. The largest absolute Gasteiger partial charge is 0.472 e. The van der Waals surface area contributed by atoms with Crippen LogP contribution in [-0.2, 0) is 32.7 Å². The van der Waals surface area contributed by atoms with Crippen LogP contribution < -0.4 is 5.73 Å². The predicted molar refractivity (Wildman–Crippen MR) is 394 cm³/mol. The minimum atomic E-state index is -4.42. The fourth-order valence-electron chi connectivity index (χ4n) is 9.00. The van der Waals surface area contributed by atoms with Crippen molar-refractivity contribution in [2.45, 2.75) is 264 Å². The Bertz CT molecular complexity index is 2250. The molecule has 10 heteroatoms. The Hall–Kier alpha value is -5.41. The quantitative estimate of drug-likeness (QED) is 0.0264. The van der Waals surface area contributed by atoms with E-state index in [0.29, 0.717) is 6.42 Å². The molecule has 0 aromatic rings. The second-order valence-corrected chi connectivity index (χ2v) is 24.1. The molecule has 0 radical (unpaired) electrons. The highest BCUT2D eigenvalue weighted by Gasteiger charge is 2.26. The number of hydrogen-bond donors (Lipinski definition) is 2. The van der Waals surface area contributed by atoms with Crippen LogP contribution in [0.4, 0.5) is 0 Å². The maximum Gasteiger partial charge on any atom is 0.472 e. The molecule has 91 heavy (non-hydrogen) atoms. The summed E-state index contributed by atoms with van der Waals surface area (Å²) in [4.78, 5) is 35.4. The van der Waals surface area contributed by atoms with Crippen LogP contribution in [0.1, 0.15) is 258 Å². The van der Waals surface area contributed by atoms with Gasteiger partial charge in [-0.25, -0.2) is 4.57 Å². The van der Waals surface area contributed by atoms with Gasteiger partial charge in [0, 0.05) is 19.4 Å². The number of ether oxygens (including phenoxy) is 2. The number of unbranched alkanes of at least 4 members (excludes halogenated alkanes) is 17. The molecule has 0 aromatic heterocycles. The van der Waals surface area contributed by atoms with Crippen LogP contribution in [0.2, 0.25) is 0 Å². The normalized spacial score (nSPS) is 14.2. The van der Waals surface area contributed by atoms with Crippen molar-refractivity contribution < 1.29 is 37.6 Å². The summed E-state index contributed by atoms with van der Waals surface area (Å²) in [5.41, 5.74) is 5.40. The standard InChI is InChI=1S/C81H128NO8P/c1-3-5-7-9-11-13-15-17-19-21-23-25-27-29-31-33-35-37-38-39-40-42-44-46-48-50-52-54-56-58-60-62-64-66-68-70-72-74-81(84)90-79(78-89-91(85,86)88-76-75-82)77-87-80(83)73-71-69-67-65-63-61-59-57-55-53-51-49-47-45-43-41-36-34-32-30-28-26-24-22-20-18-16-14-12-10-8-6-4-2/h5-8,11-14,17-20,23-26,29-32,35-37,39-41,44,46,50,52,56,58,62,64,79H,3-4,9-10,15-16,21-22,27-28,33-34,38,42-43,45,47-49,51,53-55,57,59-61,63,65-78,82H2,1-2H3,(H,85,86)/b7-5-,8-6-,13-11-,14-12-,19-17-,20-18-,25-23-,26-24-,31-29-,32-30-,37-35-,40-39-,41-36-,46-44-,52-50-,58-56-,64-62-. The molecule has 0 aromatic carbocycles. The Morgan fingerprint density at radius 2 is 0.571 bits per heavy atom. The molecule has 0 saturated heterocycles. The van der Waals surface area contributed by atoms with Gasteiger partial charge in [0.25, 0.3) is 0 Å². The van der Waals surface area contributed by atoms with Crippen molar-refractivity contribution in [3.63, 3.8) is 0 Å². The van der Waals surface area contributed by atoms with Gasteiger partial charge in [0.15, 0.2) is 6.10 Å². The third-order valence-corrected chi connectivity index (χ3v) is 15.1. The van der Waals surface area contributed by atoms with Crippen LogP contribution in [0.5, 0.6) is 0 Å². The number of hydrogen-bond acceptors (Lipinski definition) is 8. The molecule has 0 aliphatic heterocycles. The number of allylic oxidation sites excluding steroid dienone is 34. The highest BCUT2D eigenvalue weighted by molar-refractivity contribution is 7.47. The first-order valence-corrected chi connectivity index (χ1v) is 37.1. The predicted octanol–water partition coefficient (Wildman–Crippen LogP) is 23.9. The Balaban J connectivity index is 4.03. The number of carbonyl (C=O) groups excluding carboxylic acids is 2. The molecule has 0 amide bonds. The summed E-state index contributed by atoms with van der Waals surface area (Å²) >= 11 is 0. The van der Waals surface area contributed by atoms with E-state index in [9.17, 15) is 19.0 Å². The molecule has 3 N–H and O–H groups in total. The molecule has 0 heterocycles. The number of nitrogens with two attached hydrogens (primary N) is 1. The summed E-state index contributed by atoms with van der Waals surface area (Å²) in [7, 11) is -4.42. The van der Waals surface area contributed by atoms with Crippen molar-refractivity contribution in [3.8, 4) is 0 Å². The number of phosphoric ester groups is 1. The average Bonchev–Trinajstić information content (AvgIpc) is 3.74. The molecule has 2 unspecified atom stereocenters. The molecule has 0 spiro atoms. The minimum Gasteiger partial charge on any atom is -0.462 e. The minimum absolute atomic E-state index is 0.0371. The molecule has 0 bridgehead atoms. The van der Waals surface area contributed by atoms with Crippen LogP contribution in [0, 0.1) is 0 Å². The van der Waals surface area contributed by atoms with Gasteiger partial charge >= 0.3 is 19.8 Å². The van der Waals surface area contributed by atoms with Crippen LogP contribution in [0.15, 0.2) is 207 Å². The van der Waals surface area contributed by atoms with E-state index in [2.05, 4.69) is 220 Å². The zero-order valence-corrected chi connectivity index (χ0v) is 58.1. The fraction of sp³-hybridized carbons (Fsp3) is 0.556. The Labute approximate surface area is 557 Å². The molecular weight excluding hydrogens is 1150 g/mol. The summed E-state index contributed by atoms with van der Waals surface area (Å²) < 4.78 is 33.1. The van der Waals surface area contributed by atoms with E-state index in [1.807, 2.05) is 0 Å². The lowest BCUT2D eigenvalue weighted by molar-refractivity contribution is -0.161. The second-order valence-electron chi connectivity index (χ2n) is 22.6. The molecule has 2 atom stereocenters. The topological polar surface area (TPSA) is 134 Å². The van der Waals surface area contributed by atoms with E-state index in [1.165, 1.54) is 70.6 Å². The van der Waals surface area contributed by atoms with E-state index in [1.54, 1.807) is 0 Å². The summed E-state index contributed by atoms with van der Waals surface area (Å²) in [5, 5.41) is 0. The highest BCUT2D eigenvalue weighted by atomic mass is 31.2. The fourth-order valence-corrected chi connectivity index (χ4v) is 9.76. The van der Waals surface area contributed by atoms with Gasteiger partial charge in [0.1, 0.15) is 6.61 Å². The van der Waals surface area contributed by atoms with Crippen molar-refractivity contribution in [1.29, 1.82) is 0 Å². The lowest BCUT2D eigenvalue weighted by Crippen LogP contribution is -2.29. The number of phosphoric acid groups is 1. The van der Waals surface area contributed by atoms with Crippen molar-refractivity contribution >= 4 is 19.8 Å². The summed E-state index contributed by atoms with van der Waals surface area (Å²) in [6, 6.07) is 0. The molecule has 0 aliphatic rings. The molecule has 0 rings (SSSR count). The summed E-state index contributed by atoms with van der Waals surface area (Å²) in [6.45, 7) is 3.46. The molecule has 0 saturated carbocycles. The smallest absolute Gasteiger partial charge is 0.462 e. The number of esters is 2. The van der Waals surface area contributed by atoms with Crippen molar-refractivity contribution in [3.05, 3.63) is 207 Å². The number of rotatable bonds is 64. The van der Waals surface area contributed by atoms with Crippen molar-refractivity contribution in [2.24, 2.45) is 5.73 Å². The van der Waals surface area contributed by atoms with Gasteiger partial charge in [-0.1, -0.05) is 304 Å². The lowest BCUT2D eigenvalue weighted by Gasteiger charge is -2.19. The SMILES string of the molecule is CC/C=C\C/C=C\C/C=C\C/C=C\C/C=C\C/C=C\C/C=C\C/C=C\C/C=C\C/C=C\C/C=C\CCCCCC(=O)OC(COC(=O)CCCCCCCCCCCCCCCC/C=C\C/C=C\C/C=C\C/C=C\C/C=C\C/C=C\CC)COP(=O)(O)OCCN. The van der Waals surface area contributed by atoms with Gasteiger partial charge in [0.05, 0.1) is 13.2 Å². The Morgan fingerprint density at radius 1 is 0.330 bits per heavy atom. The van der Waals surface area contributed by atoms with E-state index in [-0.39, 0.29) is 32.6 Å². The first-order chi connectivity index (χ1) is 44.8. The maximum atomic E-state index is 12.8. The van der Waals surface area contributed by atoms with E-state index >= 15 is 0 Å². The monoisotopic (exact) mass is 1270 g/mol. The maximum absolute atomic E-state index is 12.8. The average molecular weight is 1270 g/mol. The van der Waals surface area contributed by atoms with Gasteiger partial charge in [0.2, 0.25) is 0 Å². The van der Waals surface area contributed by atoms with Crippen molar-refractivity contribution in [1.82, 2.24) is 0 Å². The first kappa shape index (κ1) is 85.6. The summed E-state index contributed by atoms with van der Waals surface area (Å²) in [5.74, 6) is -0.879. The van der Waals surface area contributed by atoms with E-state index < -0.39 is 32.5 Å². The first-order valence-electron chi connectivity index (χ1n) is 35.6. The van der Waals surface area contributed by atoms with Crippen LogP contribution in [0.25, 0.3) is 0 Å². The third-order valence-electron chi connectivity index (χ3n) is 14.2. The third kappa shape index (κ3) is 73.5. The zero-order chi connectivity index (χ0) is 65.8. The summed E-state index contributed by atoms with van der Waals surface area (Å²) in [6.07, 6.45) is 113. The Kier molecular flexibility index (Phi) is 69.3. The molecule has 510 valence electrons. The lowest BCUT2D eigenvalue weighted by atomic mass is 10.0. The van der Waals surface area contributed by atoms with Gasteiger partial charge in [-0.3, -0.25) is 18.6 Å².